The Labute approximate surface area is 71.5 Å². The summed E-state index contributed by atoms with van der Waals surface area (Å²) in [7, 11) is 0. The zero-order valence-corrected chi connectivity index (χ0v) is 6.99. The Morgan fingerprint density at radius 3 is 2.67 bits per heavy atom. The monoisotopic (exact) mass is 170 g/mol. The van der Waals surface area contributed by atoms with E-state index in [1.807, 2.05) is 0 Å². The second-order valence-electron chi connectivity index (χ2n) is 3.61. The third kappa shape index (κ3) is 1.69. The van der Waals surface area contributed by atoms with Gasteiger partial charge in [-0.05, 0) is 19.3 Å². The number of rotatable bonds is 1. The SMILES string of the molecule is O=C(NC1CC1)N1CC[C@H](O)C1. The van der Waals surface area contributed by atoms with Crippen LogP contribution in [0.15, 0.2) is 0 Å². The Bertz CT molecular complexity index is 191. The van der Waals surface area contributed by atoms with Gasteiger partial charge in [0, 0.05) is 19.1 Å². The van der Waals surface area contributed by atoms with Gasteiger partial charge in [0.1, 0.15) is 0 Å². The van der Waals surface area contributed by atoms with Crippen LogP contribution in [-0.4, -0.2) is 41.3 Å². The van der Waals surface area contributed by atoms with Gasteiger partial charge in [0.15, 0.2) is 0 Å². The van der Waals surface area contributed by atoms with Gasteiger partial charge in [0.25, 0.3) is 0 Å². The molecular weight excluding hydrogens is 156 g/mol. The molecule has 1 saturated carbocycles. The third-order valence-corrected chi connectivity index (χ3v) is 2.36. The fourth-order valence-electron chi connectivity index (χ4n) is 1.42. The molecule has 1 atom stereocenters. The van der Waals surface area contributed by atoms with Gasteiger partial charge in [-0.3, -0.25) is 0 Å². The summed E-state index contributed by atoms with van der Waals surface area (Å²) in [6.07, 6.45) is 2.64. The zero-order valence-electron chi connectivity index (χ0n) is 6.99. The van der Waals surface area contributed by atoms with Crippen molar-refractivity contribution in [1.82, 2.24) is 10.2 Å². The van der Waals surface area contributed by atoms with Crippen molar-refractivity contribution >= 4 is 6.03 Å². The highest BCUT2D eigenvalue weighted by molar-refractivity contribution is 5.75. The maximum absolute atomic E-state index is 11.3. The summed E-state index contributed by atoms with van der Waals surface area (Å²) in [6.45, 7) is 1.19. The summed E-state index contributed by atoms with van der Waals surface area (Å²) in [5.74, 6) is 0. The number of hydrogen-bond acceptors (Lipinski definition) is 2. The first-order valence-corrected chi connectivity index (χ1v) is 4.49. The standard InChI is InChI=1S/C8H14N2O2/c11-7-3-4-10(5-7)8(12)9-6-1-2-6/h6-7,11H,1-5H2,(H,9,12)/t7-/m0/s1. The van der Waals surface area contributed by atoms with Crippen LogP contribution >= 0.6 is 0 Å². The molecule has 0 aromatic carbocycles. The van der Waals surface area contributed by atoms with E-state index in [1.54, 1.807) is 4.90 Å². The van der Waals surface area contributed by atoms with Crippen molar-refractivity contribution in [3.8, 4) is 0 Å². The van der Waals surface area contributed by atoms with E-state index in [2.05, 4.69) is 5.32 Å². The van der Waals surface area contributed by atoms with E-state index >= 15 is 0 Å². The fourth-order valence-corrected chi connectivity index (χ4v) is 1.42. The van der Waals surface area contributed by atoms with Crippen molar-refractivity contribution in [2.75, 3.05) is 13.1 Å². The largest absolute Gasteiger partial charge is 0.391 e. The minimum absolute atomic E-state index is 0.00551. The van der Waals surface area contributed by atoms with Gasteiger partial charge in [-0.1, -0.05) is 0 Å². The highest BCUT2D eigenvalue weighted by Gasteiger charge is 2.29. The molecule has 2 amide bonds. The van der Waals surface area contributed by atoms with Gasteiger partial charge >= 0.3 is 6.03 Å². The van der Waals surface area contributed by atoms with Crippen molar-refractivity contribution in [3.63, 3.8) is 0 Å². The van der Waals surface area contributed by atoms with Gasteiger partial charge in [0.05, 0.1) is 6.10 Å². The molecule has 1 aliphatic heterocycles. The van der Waals surface area contributed by atoms with Gasteiger partial charge < -0.3 is 15.3 Å². The third-order valence-electron chi connectivity index (χ3n) is 2.36. The van der Waals surface area contributed by atoms with Gasteiger partial charge in [-0.15, -0.1) is 0 Å². The molecule has 68 valence electrons. The normalized spacial score (nSPS) is 29.1. The minimum Gasteiger partial charge on any atom is -0.391 e. The molecule has 1 saturated heterocycles. The summed E-state index contributed by atoms with van der Waals surface area (Å²) in [6, 6.07) is 0.407. The highest BCUT2D eigenvalue weighted by Crippen LogP contribution is 2.19. The van der Waals surface area contributed by atoms with Crippen molar-refractivity contribution in [3.05, 3.63) is 0 Å². The molecule has 12 heavy (non-hydrogen) atoms. The second-order valence-corrected chi connectivity index (χ2v) is 3.61. The lowest BCUT2D eigenvalue weighted by Crippen LogP contribution is -2.39. The molecule has 1 aliphatic carbocycles. The van der Waals surface area contributed by atoms with Crippen molar-refractivity contribution < 1.29 is 9.90 Å². The molecule has 0 radical (unpaired) electrons. The molecule has 4 heteroatoms. The molecule has 0 unspecified atom stereocenters. The zero-order chi connectivity index (χ0) is 8.55. The first-order chi connectivity index (χ1) is 5.75. The molecule has 1 heterocycles. The van der Waals surface area contributed by atoms with E-state index in [0.717, 1.165) is 19.3 Å². The average Bonchev–Trinajstić information content (AvgIpc) is 2.72. The summed E-state index contributed by atoms with van der Waals surface area (Å²) in [5, 5.41) is 12.1. The number of amides is 2. The van der Waals surface area contributed by atoms with Crippen LogP contribution < -0.4 is 5.32 Å². The number of β-amino-alcohol motifs (C(OH)–C–C–N with tert-alkyl or cyclic N) is 1. The van der Waals surface area contributed by atoms with Gasteiger partial charge in [-0.25, -0.2) is 4.79 Å². The Morgan fingerprint density at radius 1 is 1.42 bits per heavy atom. The quantitative estimate of drug-likeness (QED) is 0.578. The predicted octanol–water partition coefficient (Wildman–Crippen LogP) is -0.0750. The van der Waals surface area contributed by atoms with E-state index < -0.39 is 0 Å². The van der Waals surface area contributed by atoms with Crippen molar-refractivity contribution in [1.29, 1.82) is 0 Å². The molecule has 2 fully saturated rings. The highest BCUT2D eigenvalue weighted by atomic mass is 16.3. The smallest absolute Gasteiger partial charge is 0.317 e. The van der Waals surface area contributed by atoms with E-state index in [1.165, 1.54) is 0 Å². The number of carbonyl (C=O) groups excluding carboxylic acids is 1. The molecule has 2 aliphatic rings. The van der Waals surface area contributed by atoms with E-state index in [0.29, 0.717) is 19.1 Å². The van der Waals surface area contributed by atoms with Crippen LogP contribution in [0.5, 0.6) is 0 Å². The van der Waals surface area contributed by atoms with Crippen LogP contribution in [0.2, 0.25) is 0 Å². The summed E-state index contributed by atoms with van der Waals surface area (Å²) < 4.78 is 0. The summed E-state index contributed by atoms with van der Waals surface area (Å²) >= 11 is 0. The lowest BCUT2D eigenvalue weighted by atomic mass is 10.3. The summed E-state index contributed by atoms with van der Waals surface area (Å²) in [5.41, 5.74) is 0. The first kappa shape index (κ1) is 7.86. The fraction of sp³-hybridized carbons (Fsp3) is 0.875. The average molecular weight is 170 g/mol. The van der Waals surface area contributed by atoms with Gasteiger partial charge in [0.2, 0.25) is 0 Å². The number of nitrogens with one attached hydrogen (secondary N) is 1. The lowest BCUT2D eigenvalue weighted by molar-refractivity contribution is 0.171. The molecular formula is C8H14N2O2. The number of urea groups is 1. The van der Waals surface area contributed by atoms with Crippen LogP contribution in [0.1, 0.15) is 19.3 Å². The summed E-state index contributed by atoms with van der Waals surface area (Å²) in [4.78, 5) is 13.0. The molecule has 2 rings (SSSR count). The van der Waals surface area contributed by atoms with Crippen LogP contribution in [0.4, 0.5) is 4.79 Å². The molecule has 2 N–H and O–H groups in total. The number of aliphatic hydroxyl groups excluding tert-OH is 1. The topological polar surface area (TPSA) is 52.6 Å². The Balaban J connectivity index is 1.79. The number of nitrogens with zero attached hydrogens (tertiary/aromatic N) is 1. The molecule has 0 bridgehead atoms. The van der Waals surface area contributed by atoms with Crippen molar-refractivity contribution in [2.24, 2.45) is 0 Å². The van der Waals surface area contributed by atoms with Crippen molar-refractivity contribution in [2.45, 2.75) is 31.4 Å². The van der Waals surface area contributed by atoms with Crippen LogP contribution in [0, 0.1) is 0 Å². The first-order valence-electron chi connectivity index (χ1n) is 4.49. The Kier molecular flexibility index (Phi) is 1.92. The number of aliphatic hydroxyl groups is 1. The van der Waals surface area contributed by atoms with Crippen LogP contribution in [0.25, 0.3) is 0 Å². The molecule has 0 aromatic heterocycles. The number of carbonyl (C=O) groups is 1. The van der Waals surface area contributed by atoms with Crippen LogP contribution in [0.3, 0.4) is 0 Å². The maximum Gasteiger partial charge on any atom is 0.317 e. The lowest BCUT2D eigenvalue weighted by Gasteiger charge is -2.15. The second kappa shape index (κ2) is 2.94. The predicted molar refractivity (Wildman–Crippen MR) is 43.8 cm³/mol. The minimum atomic E-state index is -0.310. The number of hydrogen-bond donors (Lipinski definition) is 2. The Hall–Kier alpha value is -0.770. The van der Waals surface area contributed by atoms with E-state index in [-0.39, 0.29) is 12.1 Å². The van der Waals surface area contributed by atoms with Crippen LogP contribution in [-0.2, 0) is 0 Å². The van der Waals surface area contributed by atoms with E-state index in [9.17, 15) is 9.90 Å². The maximum atomic E-state index is 11.3. The Morgan fingerprint density at radius 2 is 2.17 bits per heavy atom. The van der Waals surface area contributed by atoms with Gasteiger partial charge in [-0.2, -0.15) is 0 Å². The molecule has 0 aromatic rings. The molecule has 0 spiro atoms. The molecule has 4 nitrogen and oxygen atoms in total. The number of likely N-dealkylation sites (tertiary alicyclic amines) is 1. The van der Waals surface area contributed by atoms with E-state index in [4.69, 9.17) is 0 Å².